The lowest BCUT2D eigenvalue weighted by Crippen LogP contribution is -2.48. The van der Waals surface area contributed by atoms with Crippen LogP contribution in [0, 0.1) is 28.9 Å². The summed E-state index contributed by atoms with van der Waals surface area (Å²) in [6.07, 6.45) is 0.660. The van der Waals surface area contributed by atoms with Crippen LogP contribution >= 0.6 is 0 Å². The van der Waals surface area contributed by atoms with E-state index in [1.165, 1.54) is 0 Å². The van der Waals surface area contributed by atoms with Gasteiger partial charge in [-0.25, -0.2) is 13.6 Å². The fourth-order valence-corrected chi connectivity index (χ4v) is 5.41. The summed E-state index contributed by atoms with van der Waals surface area (Å²) in [4.78, 5) is 17.0. The topological polar surface area (TPSA) is 79.6 Å². The number of hydrogen-bond donors (Lipinski definition) is 2. The Bertz CT molecular complexity index is 1340. The molecule has 3 atom stereocenters. The van der Waals surface area contributed by atoms with Crippen molar-refractivity contribution in [3.8, 4) is 17.2 Å². The van der Waals surface area contributed by atoms with Gasteiger partial charge in [0, 0.05) is 31.3 Å². The van der Waals surface area contributed by atoms with Crippen molar-refractivity contribution in [1.29, 1.82) is 5.26 Å². The molecule has 0 saturated carbocycles. The highest BCUT2D eigenvalue weighted by atomic mass is 19.1. The highest BCUT2D eigenvalue weighted by Crippen LogP contribution is 2.49. The summed E-state index contributed by atoms with van der Waals surface area (Å²) in [6.45, 7) is 0.340. The molecule has 5 rings (SSSR count). The molecule has 35 heavy (non-hydrogen) atoms. The fraction of sp³-hybridized carbons (Fsp3) is 0.259. The number of likely N-dealkylation sites (tertiary alicyclic amines) is 1. The van der Waals surface area contributed by atoms with E-state index in [0.29, 0.717) is 18.5 Å². The number of aliphatic hydroxyl groups is 1. The smallest absolute Gasteiger partial charge is 0.322 e. The predicted molar refractivity (Wildman–Crippen MR) is 129 cm³/mol. The van der Waals surface area contributed by atoms with Crippen molar-refractivity contribution in [2.45, 2.75) is 18.5 Å². The molecule has 178 valence electrons. The maximum atomic E-state index is 14.2. The van der Waals surface area contributed by atoms with E-state index >= 15 is 0 Å². The van der Waals surface area contributed by atoms with E-state index in [2.05, 4.69) is 11.4 Å². The first-order chi connectivity index (χ1) is 16.9. The molecule has 0 bridgehead atoms. The third-order valence-electron chi connectivity index (χ3n) is 7.11. The van der Waals surface area contributed by atoms with E-state index < -0.39 is 17.7 Å². The van der Waals surface area contributed by atoms with E-state index in [9.17, 15) is 23.9 Å². The number of amides is 2. The Morgan fingerprint density at radius 3 is 2.71 bits per heavy atom. The van der Waals surface area contributed by atoms with Gasteiger partial charge in [0.2, 0.25) is 0 Å². The highest BCUT2D eigenvalue weighted by molar-refractivity contribution is 5.90. The van der Waals surface area contributed by atoms with Crippen molar-refractivity contribution in [1.82, 2.24) is 4.90 Å². The molecule has 2 amide bonds. The van der Waals surface area contributed by atoms with E-state index in [-0.39, 0.29) is 30.3 Å². The molecule has 2 aliphatic heterocycles. The minimum absolute atomic E-state index is 0.0405. The van der Waals surface area contributed by atoms with Gasteiger partial charge in [-0.1, -0.05) is 18.2 Å². The number of carbonyl (C=O) groups is 1. The normalized spacial score (nSPS) is 20.7. The molecule has 2 N–H and O–H groups in total. The second-order valence-corrected chi connectivity index (χ2v) is 8.97. The van der Waals surface area contributed by atoms with Crippen LogP contribution < -0.4 is 10.2 Å². The number of anilines is 2. The number of hydrogen-bond acceptors (Lipinski definition) is 4. The van der Waals surface area contributed by atoms with Crippen molar-refractivity contribution in [2.24, 2.45) is 5.92 Å². The number of nitrogens with zero attached hydrogens (tertiary/aromatic N) is 3. The number of likely N-dealkylation sites (N-methyl/N-ethyl adjacent to an activating group) is 1. The Morgan fingerprint density at radius 2 is 1.94 bits per heavy atom. The second-order valence-electron chi connectivity index (χ2n) is 8.97. The lowest BCUT2D eigenvalue weighted by Gasteiger charge is -2.44. The van der Waals surface area contributed by atoms with Crippen LogP contribution in [0.2, 0.25) is 0 Å². The second kappa shape index (κ2) is 9.01. The maximum Gasteiger partial charge on any atom is 0.322 e. The zero-order valence-corrected chi connectivity index (χ0v) is 19.1. The van der Waals surface area contributed by atoms with Crippen LogP contribution in [-0.2, 0) is 0 Å². The van der Waals surface area contributed by atoms with Gasteiger partial charge in [0.1, 0.15) is 11.6 Å². The number of carbonyl (C=O) groups excluding carboxylic acids is 1. The number of nitriles is 1. The van der Waals surface area contributed by atoms with Gasteiger partial charge >= 0.3 is 6.03 Å². The molecule has 1 saturated heterocycles. The van der Waals surface area contributed by atoms with Gasteiger partial charge in [-0.05, 0) is 59.5 Å². The molecule has 3 aromatic carbocycles. The molecule has 8 heteroatoms. The van der Waals surface area contributed by atoms with E-state index in [1.54, 1.807) is 11.0 Å². The first-order valence-corrected chi connectivity index (χ1v) is 11.4. The Hall–Kier alpha value is -3.96. The van der Waals surface area contributed by atoms with Crippen molar-refractivity contribution in [2.75, 3.05) is 30.4 Å². The molecular weight excluding hydrogens is 450 g/mol. The van der Waals surface area contributed by atoms with Gasteiger partial charge in [-0.3, -0.25) is 0 Å². The zero-order valence-electron chi connectivity index (χ0n) is 19.1. The summed E-state index contributed by atoms with van der Waals surface area (Å²) < 4.78 is 27.9. The Balaban J connectivity index is 1.55. The molecule has 2 aliphatic rings. The standard InChI is InChI=1S/C27H24F2N4O2/c1-32-24-8-5-18(17-4-2-3-16(11-17)14-30)12-21(24)26-20(25(32)15-34)9-10-33(26)27(35)31-23-13-19(28)6-7-22(23)29/h2-8,11-13,20,25-26,34H,9-10,15H2,1H3,(H,31,35)/t20-,25-,26-/m0/s1. The van der Waals surface area contributed by atoms with E-state index in [0.717, 1.165) is 40.6 Å². The van der Waals surface area contributed by atoms with Crippen LogP contribution in [0.1, 0.15) is 23.6 Å². The third kappa shape index (κ3) is 3.98. The molecule has 0 radical (unpaired) electrons. The lowest BCUT2D eigenvalue weighted by molar-refractivity contribution is 0.168. The molecule has 0 unspecified atom stereocenters. The van der Waals surface area contributed by atoms with Gasteiger partial charge < -0.3 is 20.2 Å². The molecule has 0 aromatic heterocycles. The van der Waals surface area contributed by atoms with Gasteiger partial charge in [0.05, 0.1) is 36.0 Å². The van der Waals surface area contributed by atoms with Gasteiger partial charge in [-0.2, -0.15) is 5.26 Å². The highest BCUT2D eigenvalue weighted by Gasteiger charge is 2.47. The van der Waals surface area contributed by atoms with Crippen LogP contribution in [-0.4, -0.2) is 42.3 Å². The summed E-state index contributed by atoms with van der Waals surface area (Å²) in [5.74, 6) is -1.40. The number of benzene rings is 3. The summed E-state index contributed by atoms with van der Waals surface area (Å²) in [5, 5.41) is 22.0. The van der Waals surface area contributed by atoms with Crippen molar-refractivity contribution in [3.05, 3.63) is 83.4 Å². The molecule has 0 aliphatic carbocycles. The predicted octanol–water partition coefficient (Wildman–Crippen LogP) is 4.91. The summed E-state index contributed by atoms with van der Waals surface area (Å²) in [7, 11) is 1.93. The lowest BCUT2D eigenvalue weighted by atomic mass is 9.81. The van der Waals surface area contributed by atoms with Gasteiger partial charge in [0.25, 0.3) is 0 Å². The molecule has 3 aromatic rings. The maximum absolute atomic E-state index is 14.2. The third-order valence-corrected chi connectivity index (χ3v) is 7.11. The van der Waals surface area contributed by atoms with Crippen LogP contribution in [0.25, 0.3) is 11.1 Å². The first-order valence-electron chi connectivity index (χ1n) is 11.4. The number of halogens is 2. The van der Waals surface area contributed by atoms with E-state index in [1.807, 2.05) is 48.3 Å². The number of aliphatic hydroxyl groups excluding tert-OH is 1. The summed E-state index contributed by atoms with van der Waals surface area (Å²) >= 11 is 0. The van der Waals surface area contributed by atoms with Gasteiger partial charge in [-0.15, -0.1) is 0 Å². The van der Waals surface area contributed by atoms with Crippen molar-refractivity contribution in [3.63, 3.8) is 0 Å². The molecule has 1 fully saturated rings. The van der Waals surface area contributed by atoms with Crippen LogP contribution in [0.5, 0.6) is 0 Å². The minimum atomic E-state index is -0.716. The van der Waals surface area contributed by atoms with Crippen LogP contribution in [0.15, 0.2) is 60.7 Å². The average Bonchev–Trinajstić information content (AvgIpc) is 3.31. The van der Waals surface area contributed by atoms with Crippen LogP contribution in [0.3, 0.4) is 0 Å². The largest absolute Gasteiger partial charge is 0.394 e. The zero-order chi connectivity index (χ0) is 24.7. The Morgan fingerprint density at radius 1 is 1.14 bits per heavy atom. The minimum Gasteiger partial charge on any atom is -0.394 e. The Kier molecular flexibility index (Phi) is 5.87. The van der Waals surface area contributed by atoms with Crippen molar-refractivity contribution >= 4 is 17.4 Å². The summed E-state index contributed by atoms with van der Waals surface area (Å²) in [5.41, 5.74) is 3.92. The molecule has 2 heterocycles. The SMILES string of the molecule is CN1c2ccc(-c3cccc(C#N)c3)cc2[C@@H]2[C@@H](CCN2C(=O)Nc2cc(F)ccc2F)[C@@H]1CO. The average molecular weight is 475 g/mol. The number of fused-ring (bicyclic) bond motifs is 3. The molecule has 6 nitrogen and oxygen atoms in total. The van der Waals surface area contributed by atoms with Crippen molar-refractivity contribution < 1.29 is 18.7 Å². The number of urea groups is 1. The summed E-state index contributed by atoms with van der Waals surface area (Å²) in [6, 6.07) is 17.3. The number of nitrogens with one attached hydrogen (secondary N) is 1. The van der Waals surface area contributed by atoms with Gasteiger partial charge in [0.15, 0.2) is 0 Å². The molecule has 0 spiro atoms. The Labute approximate surface area is 202 Å². The number of rotatable bonds is 3. The quantitative estimate of drug-likeness (QED) is 0.566. The van der Waals surface area contributed by atoms with Crippen LogP contribution in [0.4, 0.5) is 25.0 Å². The monoisotopic (exact) mass is 474 g/mol. The molecular formula is C27H24F2N4O2. The first kappa shape index (κ1) is 22.8. The van der Waals surface area contributed by atoms with E-state index in [4.69, 9.17) is 0 Å². The fourth-order valence-electron chi connectivity index (χ4n) is 5.41.